The number of halogens is 3. The summed E-state index contributed by atoms with van der Waals surface area (Å²) in [6.07, 6.45) is 2.46. The van der Waals surface area contributed by atoms with Crippen LogP contribution in [0.4, 0.5) is 0 Å². The van der Waals surface area contributed by atoms with Gasteiger partial charge in [0.2, 0.25) is 0 Å². The SMILES string of the molecule is COc1cc(CNC2CC2)c(Cl)cc1OCc1c(Cl)cccc1Cl. The maximum Gasteiger partial charge on any atom is 0.163 e. The maximum absolute atomic E-state index is 6.38. The second-order valence-corrected chi connectivity index (χ2v) is 6.96. The van der Waals surface area contributed by atoms with E-state index in [0.29, 0.717) is 32.6 Å². The molecule has 0 aliphatic heterocycles. The lowest BCUT2D eigenvalue weighted by atomic mass is 10.2. The number of benzene rings is 2. The normalized spacial score (nSPS) is 13.8. The minimum atomic E-state index is 0.241. The minimum Gasteiger partial charge on any atom is -0.493 e. The topological polar surface area (TPSA) is 30.5 Å². The van der Waals surface area contributed by atoms with Gasteiger partial charge in [-0.05, 0) is 36.6 Å². The molecule has 1 saturated carbocycles. The van der Waals surface area contributed by atoms with Crippen LogP contribution in [0.15, 0.2) is 30.3 Å². The van der Waals surface area contributed by atoms with Crippen LogP contribution >= 0.6 is 34.8 Å². The lowest BCUT2D eigenvalue weighted by molar-refractivity contribution is 0.284. The molecule has 0 heterocycles. The van der Waals surface area contributed by atoms with E-state index in [1.807, 2.05) is 6.07 Å². The van der Waals surface area contributed by atoms with Crippen molar-refractivity contribution < 1.29 is 9.47 Å². The van der Waals surface area contributed by atoms with Gasteiger partial charge in [0.05, 0.1) is 7.11 Å². The quantitative estimate of drug-likeness (QED) is 0.683. The van der Waals surface area contributed by atoms with E-state index in [-0.39, 0.29) is 6.61 Å². The van der Waals surface area contributed by atoms with E-state index in [1.54, 1.807) is 31.4 Å². The Balaban J connectivity index is 1.75. The summed E-state index contributed by atoms with van der Waals surface area (Å²) in [5, 5.41) is 5.22. The Kier molecular flexibility index (Phi) is 5.77. The fourth-order valence-electron chi connectivity index (χ4n) is 2.35. The number of rotatable bonds is 7. The van der Waals surface area contributed by atoms with Gasteiger partial charge in [0.25, 0.3) is 0 Å². The van der Waals surface area contributed by atoms with Crippen LogP contribution < -0.4 is 14.8 Å². The summed E-state index contributed by atoms with van der Waals surface area (Å²) in [5.41, 5.74) is 1.72. The van der Waals surface area contributed by atoms with Crippen LogP contribution in [-0.4, -0.2) is 13.2 Å². The van der Waals surface area contributed by atoms with Crippen LogP contribution in [0.25, 0.3) is 0 Å². The molecule has 0 atom stereocenters. The van der Waals surface area contributed by atoms with Gasteiger partial charge in [0, 0.05) is 39.3 Å². The summed E-state index contributed by atoms with van der Waals surface area (Å²) in [5.74, 6) is 1.20. The molecule has 0 saturated heterocycles. The Bertz CT molecular complexity index is 712. The molecular weight excluding hydrogens is 369 g/mol. The molecule has 3 rings (SSSR count). The third-order valence-electron chi connectivity index (χ3n) is 3.92. The van der Waals surface area contributed by atoms with Crippen molar-refractivity contribution in [2.75, 3.05) is 7.11 Å². The molecule has 0 radical (unpaired) electrons. The average Bonchev–Trinajstić information content (AvgIpc) is 3.38. The van der Waals surface area contributed by atoms with E-state index in [9.17, 15) is 0 Å². The molecule has 24 heavy (non-hydrogen) atoms. The van der Waals surface area contributed by atoms with Crippen molar-refractivity contribution in [3.8, 4) is 11.5 Å². The van der Waals surface area contributed by atoms with E-state index in [0.717, 1.165) is 17.7 Å². The zero-order chi connectivity index (χ0) is 17.1. The summed E-state index contributed by atoms with van der Waals surface area (Å²) in [6, 6.07) is 9.65. The first kappa shape index (κ1) is 17.7. The van der Waals surface area contributed by atoms with Gasteiger partial charge in [-0.2, -0.15) is 0 Å². The number of methoxy groups -OCH3 is 1. The van der Waals surface area contributed by atoms with Crippen molar-refractivity contribution in [1.82, 2.24) is 5.32 Å². The van der Waals surface area contributed by atoms with Crippen LogP contribution in [0, 0.1) is 0 Å². The molecule has 0 spiro atoms. The lowest BCUT2D eigenvalue weighted by Crippen LogP contribution is -2.15. The van der Waals surface area contributed by atoms with Crippen LogP contribution in [0.2, 0.25) is 15.1 Å². The standard InChI is InChI=1S/C18H18Cl3NO2/c1-23-17-7-11(9-22-12-5-6-12)16(21)8-18(17)24-10-13-14(19)3-2-4-15(13)20/h2-4,7-8,12,22H,5-6,9-10H2,1H3. The number of ether oxygens (including phenoxy) is 2. The molecule has 1 aliphatic carbocycles. The van der Waals surface area contributed by atoms with Crippen molar-refractivity contribution in [1.29, 1.82) is 0 Å². The Morgan fingerprint density at radius 1 is 1.04 bits per heavy atom. The van der Waals surface area contributed by atoms with Gasteiger partial charge in [-0.3, -0.25) is 0 Å². The van der Waals surface area contributed by atoms with Crippen molar-refractivity contribution in [3.63, 3.8) is 0 Å². The molecule has 0 unspecified atom stereocenters. The predicted molar refractivity (Wildman–Crippen MR) is 98.7 cm³/mol. The first-order valence-corrected chi connectivity index (χ1v) is 8.87. The van der Waals surface area contributed by atoms with Crippen molar-refractivity contribution in [2.24, 2.45) is 0 Å². The van der Waals surface area contributed by atoms with Crippen LogP contribution in [0.3, 0.4) is 0 Å². The summed E-state index contributed by atoms with van der Waals surface area (Å²) in [6.45, 7) is 0.960. The van der Waals surface area contributed by atoms with E-state index in [2.05, 4.69) is 5.32 Å². The molecule has 1 N–H and O–H groups in total. The molecule has 128 valence electrons. The van der Waals surface area contributed by atoms with Gasteiger partial charge in [-0.1, -0.05) is 40.9 Å². The van der Waals surface area contributed by atoms with Gasteiger partial charge >= 0.3 is 0 Å². The number of hydrogen-bond donors (Lipinski definition) is 1. The average molecular weight is 387 g/mol. The van der Waals surface area contributed by atoms with Crippen molar-refractivity contribution >= 4 is 34.8 Å². The van der Waals surface area contributed by atoms with Gasteiger partial charge in [0.15, 0.2) is 11.5 Å². The third kappa shape index (κ3) is 4.28. The van der Waals surface area contributed by atoms with E-state index in [4.69, 9.17) is 44.3 Å². The molecule has 2 aromatic rings. The summed E-state index contributed by atoms with van der Waals surface area (Å²) >= 11 is 18.7. The van der Waals surface area contributed by atoms with Gasteiger partial charge in [-0.15, -0.1) is 0 Å². The fraction of sp³-hybridized carbons (Fsp3) is 0.333. The number of hydrogen-bond acceptors (Lipinski definition) is 3. The highest BCUT2D eigenvalue weighted by molar-refractivity contribution is 6.36. The minimum absolute atomic E-state index is 0.241. The Morgan fingerprint density at radius 2 is 1.75 bits per heavy atom. The van der Waals surface area contributed by atoms with E-state index >= 15 is 0 Å². The summed E-state index contributed by atoms with van der Waals surface area (Å²) in [7, 11) is 1.61. The third-order valence-corrected chi connectivity index (χ3v) is 4.98. The molecule has 2 aromatic carbocycles. The van der Waals surface area contributed by atoms with Crippen molar-refractivity contribution in [2.45, 2.75) is 32.0 Å². The first-order chi connectivity index (χ1) is 11.6. The summed E-state index contributed by atoms with van der Waals surface area (Å²) in [4.78, 5) is 0. The second-order valence-electron chi connectivity index (χ2n) is 5.74. The zero-order valence-corrected chi connectivity index (χ0v) is 15.5. The van der Waals surface area contributed by atoms with Gasteiger partial charge in [-0.25, -0.2) is 0 Å². The van der Waals surface area contributed by atoms with Gasteiger partial charge in [0.1, 0.15) is 6.61 Å². The molecule has 6 heteroatoms. The molecule has 1 aliphatic rings. The predicted octanol–water partition coefficient (Wildman–Crippen LogP) is 5.49. The van der Waals surface area contributed by atoms with Crippen LogP contribution in [0.1, 0.15) is 24.0 Å². The fourth-order valence-corrected chi connectivity index (χ4v) is 3.07. The van der Waals surface area contributed by atoms with Crippen LogP contribution in [0.5, 0.6) is 11.5 Å². The monoisotopic (exact) mass is 385 g/mol. The lowest BCUT2D eigenvalue weighted by Gasteiger charge is -2.15. The largest absolute Gasteiger partial charge is 0.493 e. The summed E-state index contributed by atoms with van der Waals surface area (Å²) < 4.78 is 11.3. The Labute approximate surface area is 156 Å². The number of nitrogens with one attached hydrogen (secondary N) is 1. The van der Waals surface area contributed by atoms with Crippen molar-refractivity contribution in [3.05, 3.63) is 56.5 Å². The zero-order valence-electron chi connectivity index (χ0n) is 13.2. The second kappa shape index (κ2) is 7.83. The molecule has 0 amide bonds. The Hall–Kier alpha value is -1.13. The molecule has 0 aromatic heterocycles. The smallest absolute Gasteiger partial charge is 0.163 e. The molecular formula is C18H18Cl3NO2. The highest BCUT2D eigenvalue weighted by atomic mass is 35.5. The molecule has 3 nitrogen and oxygen atoms in total. The van der Waals surface area contributed by atoms with Crippen LogP contribution in [-0.2, 0) is 13.2 Å². The Morgan fingerprint density at radius 3 is 2.38 bits per heavy atom. The molecule has 1 fully saturated rings. The highest BCUT2D eigenvalue weighted by Gasteiger charge is 2.21. The highest BCUT2D eigenvalue weighted by Crippen LogP contribution is 2.35. The molecule has 0 bridgehead atoms. The van der Waals surface area contributed by atoms with E-state index < -0.39 is 0 Å². The van der Waals surface area contributed by atoms with E-state index in [1.165, 1.54) is 12.8 Å². The maximum atomic E-state index is 6.38. The van der Waals surface area contributed by atoms with Gasteiger partial charge < -0.3 is 14.8 Å². The first-order valence-electron chi connectivity index (χ1n) is 7.74.